The highest BCUT2D eigenvalue weighted by molar-refractivity contribution is 9.10. The number of rotatable bonds is 5. The second-order valence-electron chi connectivity index (χ2n) is 5.00. The Labute approximate surface area is 124 Å². The lowest BCUT2D eigenvalue weighted by Gasteiger charge is -2.39. The highest BCUT2D eigenvalue weighted by Gasteiger charge is 2.22. The molecular formula is C14H23BrN4. The molecule has 1 fully saturated rings. The highest BCUT2D eigenvalue weighted by atomic mass is 79.9. The standard InChI is InChI=1S/C14H23BrN4/c1-2-13(5-6-16)18-7-9-19(10-8-18)14-4-3-12(15)11-17-14/h3-4,11,13H,2,5-10,16H2,1H3. The molecule has 0 bridgehead atoms. The first-order valence-corrected chi connectivity index (χ1v) is 7.84. The number of pyridine rings is 1. The fourth-order valence-corrected chi connectivity index (χ4v) is 2.94. The van der Waals surface area contributed by atoms with Crippen LogP contribution in [0.4, 0.5) is 5.82 Å². The fourth-order valence-electron chi connectivity index (χ4n) is 2.71. The molecule has 1 unspecified atom stereocenters. The molecule has 2 N–H and O–H groups in total. The van der Waals surface area contributed by atoms with E-state index in [0.717, 1.165) is 49.4 Å². The van der Waals surface area contributed by atoms with E-state index in [1.807, 2.05) is 6.20 Å². The van der Waals surface area contributed by atoms with Crippen molar-refractivity contribution >= 4 is 21.7 Å². The van der Waals surface area contributed by atoms with E-state index in [4.69, 9.17) is 5.73 Å². The summed E-state index contributed by atoms with van der Waals surface area (Å²) in [5.41, 5.74) is 5.69. The summed E-state index contributed by atoms with van der Waals surface area (Å²) >= 11 is 3.42. The fraction of sp³-hybridized carbons (Fsp3) is 0.643. The smallest absolute Gasteiger partial charge is 0.128 e. The third-order valence-corrected chi connectivity index (χ3v) is 4.31. The first-order chi connectivity index (χ1) is 9.24. The van der Waals surface area contributed by atoms with Crippen LogP contribution in [0.25, 0.3) is 0 Å². The molecule has 1 aliphatic heterocycles. The molecule has 0 radical (unpaired) electrons. The Balaban J connectivity index is 1.89. The highest BCUT2D eigenvalue weighted by Crippen LogP contribution is 2.18. The van der Waals surface area contributed by atoms with E-state index in [1.54, 1.807) is 0 Å². The minimum absolute atomic E-state index is 0.644. The average Bonchev–Trinajstić information content (AvgIpc) is 2.46. The molecular weight excluding hydrogens is 304 g/mol. The van der Waals surface area contributed by atoms with E-state index in [2.05, 4.69) is 49.8 Å². The molecule has 2 heterocycles. The topological polar surface area (TPSA) is 45.4 Å². The van der Waals surface area contributed by atoms with Gasteiger partial charge in [-0.15, -0.1) is 0 Å². The van der Waals surface area contributed by atoms with Crippen molar-refractivity contribution in [3.63, 3.8) is 0 Å². The van der Waals surface area contributed by atoms with Gasteiger partial charge in [0, 0.05) is 42.9 Å². The van der Waals surface area contributed by atoms with Gasteiger partial charge in [-0.1, -0.05) is 6.92 Å². The van der Waals surface area contributed by atoms with Gasteiger partial charge in [0.05, 0.1) is 0 Å². The van der Waals surface area contributed by atoms with Crippen LogP contribution in [-0.4, -0.2) is 48.6 Å². The lowest BCUT2D eigenvalue weighted by Crippen LogP contribution is -2.50. The summed E-state index contributed by atoms with van der Waals surface area (Å²) in [6, 6.07) is 4.78. The van der Waals surface area contributed by atoms with Crippen molar-refractivity contribution in [2.75, 3.05) is 37.6 Å². The van der Waals surface area contributed by atoms with Gasteiger partial charge in [0.15, 0.2) is 0 Å². The molecule has 1 saturated heterocycles. The summed E-state index contributed by atoms with van der Waals surface area (Å²) in [5.74, 6) is 1.08. The summed E-state index contributed by atoms with van der Waals surface area (Å²) in [6.45, 7) is 7.36. The van der Waals surface area contributed by atoms with E-state index in [0.29, 0.717) is 6.04 Å². The van der Waals surface area contributed by atoms with Crippen LogP contribution in [0.2, 0.25) is 0 Å². The van der Waals surface area contributed by atoms with Gasteiger partial charge in [0.1, 0.15) is 5.82 Å². The van der Waals surface area contributed by atoms with Gasteiger partial charge in [-0.3, -0.25) is 4.90 Å². The van der Waals surface area contributed by atoms with Crippen molar-refractivity contribution in [2.24, 2.45) is 5.73 Å². The lowest BCUT2D eigenvalue weighted by atomic mass is 10.1. The molecule has 2 rings (SSSR count). The summed E-state index contributed by atoms with van der Waals surface area (Å²) in [4.78, 5) is 9.40. The molecule has 0 saturated carbocycles. The third-order valence-electron chi connectivity index (χ3n) is 3.84. The Bertz CT molecular complexity index is 374. The molecule has 0 aliphatic carbocycles. The molecule has 4 nitrogen and oxygen atoms in total. The summed E-state index contributed by atoms with van der Waals surface area (Å²) < 4.78 is 1.03. The van der Waals surface area contributed by atoms with E-state index in [9.17, 15) is 0 Å². The monoisotopic (exact) mass is 326 g/mol. The molecule has 0 spiro atoms. The number of anilines is 1. The van der Waals surface area contributed by atoms with E-state index in [1.165, 1.54) is 6.42 Å². The van der Waals surface area contributed by atoms with Crippen LogP contribution >= 0.6 is 15.9 Å². The first-order valence-electron chi connectivity index (χ1n) is 7.05. The first kappa shape index (κ1) is 14.8. The minimum Gasteiger partial charge on any atom is -0.354 e. The van der Waals surface area contributed by atoms with Gasteiger partial charge >= 0.3 is 0 Å². The number of aromatic nitrogens is 1. The third kappa shape index (κ3) is 3.91. The maximum atomic E-state index is 5.69. The molecule has 1 aliphatic rings. The number of piperazine rings is 1. The maximum absolute atomic E-state index is 5.69. The zero-order valence-electron chi connectivity index (χ0n) is 11.6. The number of nitrogens with zero attached hydrogens (tertiary/aromatic N) is 3. The van der Waals surface area contributed by atoms with E-state index >= 15 is 0 Å². The Morgan fingerprint density at radius 1 is 1.32 bits per heavy atom. The summed E-state index contributed by atoms with van der Waals surface area (Å²) in [6.07, 6.45) is 4.16. The number of hydrogen-bond donors (Lipinski definition) is 1. The predicted octanol–water partition coefficient (Wildman–Crippen LogP) is 2.09. The molecule has 0 amide bonds. The number of halogens is 1. The Hall–Kier alpha value is -0.650. The van der Waals surface area contributed by atoms with Gasteiger partial charge in [-0.2, -0.15) is 0 Å². The van der Waals surface area contributed by atoms with Crippen LogP contribution in [0.5, 0.6) is 0 Å². The molecule has 5 heteroatoms. The second kappa shape index (κ2) is 7.22. The largest absolute Gasteiger partial charge is 0.354 e. The van der Waals surface area contributed by atoms with Gasteiger partial charge in [-0.05, 0) is 47.4 Å². The van der Waals surface area contributed by atoms with Crippen molar-refractivity contribution in [1.29, 1.82) is 0 Å². The van der Waals surface area contributed by atoms with Crippen LogP contribution in [0, 0.1) is 0 Å². The van der Waals surface area contributed by atoms with Crippen molar-refractivity contribution in [3.8, 4) is 0 Å². The number of nitrogens with two attached hydrogens (primary N) is 1. The van der Waals surface area contributed by atoms with Crippen LogP contribution in [0.1, 0.15) is 19.8 Å². The van der Waals surface area contributed by atoms with Gasteiger partial charge in [0.2, 0.25) is 0 Å². The van der Waals surface area contributed by atoms with Crippen LogP contribution in [-0.2, 0) is 0 Å². The quantitative estimate of drug-likeness (QED) is 0.900. The van der Waals surface area contributed by atoms with Crippen LogP contribution in [0.15, 0.2) is 22.8 Å². The van der Waals surface area contributed by atoms with Crippen molar-refractivity contribution < 1.29 is 0 Å². The normalized spacial score (nSPS) is 18.6. The second-order valence-corrected chi connectivity index (χ2v) is 5.91. The molecule has 0 aromatic carbocycles. The zero-order valence-corrected chi connectivity index (χ0v) is 13.1. The van der Waals surface area contributed by atoms with Crippen molar-refractivity contribution in [3.05, 3.63) is 22.8 Å². The maximum Gasteiger partial charge on any atom is 0.128 e. The Morgan fingerprint density at radius 2 is 2.05 bits per heavy atom. The molecule has 1 aromatic rings. The van der Waals surface area contributed by atoms with Gasteiger partial charge < -0.3 is 10.6 Å². The zero-order chi connectivity index (χ0) is 13.7. The van der Waals surface area contributed by atoms with Crippen LogP contribution < -0.4 is 10.6 Å². The van der Waals surface area contributed by atoms with Crippen LogP contribution in [0.3, 0.4) is 0 Å². The lowest BCUT2D eigenvalue weighted by molar-refractivity contribution is 0.173. The summed E-state index contributed by atoms with van der Waals surface area (Å²) in [5, 5.41) is 0. The van der Waals surface area contributed by atoms with E-state index in [-0.39, 0.29) is 0 Å². The van der Waals surface area contributed by atoms with E-state index < -0.39 is 0 Å². The average molecular weight is 327 g/mol. The Kier molecular flexibility index (Phi) is 5.60. The van der Waals surface area contributed by atoms with Gasteiger partial charge in [0.25, 0.3) is 0 Å². The minimum atomic E-state index is 0.644. The van der Waals surface area contributed by atoms with Crippen molar-refractivity contribution in [1.82, 2.24) is 9.88 Å². The van der Waals surface area contributed by atoms with Gasteiger partial charge in [-0.25, -0.2) is 4.98 Å². The molecule has 19 heavy (non-hydrogen) atoms. The van der Waals surface area contributed by atoms with Crippen molar-refractivity contribution in [2.45, 2.75) is 25.8 Å². The molecule has 1 aromatic heterocycles. The molecule has 1 atom stereocenters. The molecule has 106 valence electrons. The predicted molar refractivity (Wildman–Crippen MR) is 83.5 cm³/mol. The number of hydrogen-bond acceptors (Lipinski definition) is 4. The Morgan fingerprint density at radius 3 is 2.58 bits per heavy atom. The SMILES string of the molecule is CCC(CCN)N1CCN(c2ccc(Br)cn2)CC1. The summed E-state index contributed by atoms with van der Waals surface area (Å²) in [7, 11) is 0.